The highest BCUT2D eigenvalue weighted by Gasteiger charge is 2.35. The van der Waals surface area contributed by atoms with Gasteiger partial charge < -0.3 is 15.2 Å². The first-order valence-electron chi connectivity index (χ1n) is 15.0. The molecule has 1 fully saturated rings. The second-order valence-electron chi connectivity index (χ2n) is 11.7. The lowest BCUT2D eigenvalue weighted by atomic mass is 10.1. The van der Waals surface area contributed by atoms with Gasteiger partial charge in [0.1, 0.15) is 0 Å². The molecule has 0 spiro atoms. The number of aromatic amines is 1. The minimum absolute atomic E-state index is 0. The van der Waals surface area contributed by atoms with Crippen LogP contribution in [0.4, 0.5) is 32.0 Å². The Morgan fingerprint density at radius 2 is 1.61 bits per heavy atom. The van der Waals surface area contributed by atoms with Crippen LogP contribution >= 0.6 is 0 Å². The number of aromatic nitrogens is 1. The number of anilines is 1. The fourth-order valence-electron chi connectivity index (χ4n) is 5.93. The number of rotatable bonds is 9. The third kappa shape index (κ3) is 8.91. The van der Waals surface area contributed by atoms with Crippen LogP contribution in [0.5, 0.6) is 0 Å². The number of alkyl halides is 6. The van der Waals surface area contributed by atoms with Crippen molar-refractivity contribution in [1.29, 1.82) is 0 Å². The van der Waals surface area contributed by atoms with Gasteiger partial charge in [-0.1, -0.05) is 31.7 Å². The molecule has 1 aromatic heterocycles. The first kappa shape index (κ1) is 37.2. The Labute approximate surface area is 279 Å². The zero-order chi connectivity index (χ0) is 34.9. The first-order valence-corrected chi connectivity index (χ1v) is 16.6. The fraction of sp³-hybridized carbons (Fsp3) is 0.314. The van der Waals surface area contributed by atoms with E-state index in [1.54, 1.807) is 6.07 Å². The molecule has 2 atom stereocenters. The number of carbonyl (C=O) groups is 1. The standard InChI is InChI=1S/C34H31F6N3O4S.CH4/c1-21-2-10-25(43(21)26-11-14-30-28(18-26)29(34(38,39)40)19-32(45)42-30)16-17-41-31(44)15-7-22-5-12-27(13-6-22)48(46,47)20-23-3-8-24(9-4-23)33(35,36)37;/h3-9,11-15,18-19,21,25H,2,10,16-17,20H2,1H3,(H,41,44)(H,42,45);1H4/b15-7+;/t21-,25-;/m1./s1. The number of pyridine rings is 1. The maximum atomic E-state index is 13.7. The zero-order valence-electron chi connectivity index (χ0n) is 25.5. The van der Waals surface area contributed by atoms with Gasteiger partial charge in [0, 0.05) is 47.4 Å². The third-order valence-electron chi connectivity index (χ3n) is 8.30. The number of hydrogen-bond acceptors (Lipinski definition) is 5. The number of sulfone groups is 1. The number of amides is 1. The number of H-pyrrole nitrogens is 1. The number of nitrogens with zero attached hydrogens (tertiary/aromatic N) is 1. The maximum absolute atomic E-state index is 13.7. The summed E-state index contributed by atoms with van der Waals surface area (Å²) in [5.74, 6) is -0.868. The molecule has 5 rings (SSSR count). The van der Waals surface area contributed by atoms with Crippen molar-refractivity contribution in [3.05, 3.63) is 111 Å². The Morgan fingerprint density at radius 1 is 0.939 bits per heavy atom. The molecule has 14 heteroatoms. The summed E-state index contributed by atoms with van der Waals surface area (Å²) in [5, 5.41) is 2.70. The number of benzene rings is 3. The van der Waals surface area contributed by atoms with Crippen molar-refractivity contribution in [2.45, 2.75) is 68.7 Å². The summed E-state index contributed by atoms with van der Waals surface area (Å²) in [6.07, 6.45) is -4.30. The topological polar surface area (TPSA) is 99.3 Å². The van der Waals surface area contributed by atoms with Crippen LogP contribution in [0.3, 0.4) is 0 Å². The van der Waals surface area contributed by atoms with Gasteiger partial charge >= 0.3 is 12.4 Å². The van der Waals surface area contributed by atoms with Gasteiger partial charge in [-0.2, -0.15) is 26.3 Å². The Morgan fingerprint density at radius 3 is 2.24 bits per heavy atom. The van der Waals surface area contributed by atoms with E-state index < -0.39 is 50.5 Å². The van der Waals surface area contributed by atoms with Crippen LogP contribution in [0.25, 0.3) is 17.0 Å². The minimum atomic E-state index is -4.70. The Hall–Kier alpha value is -4.59. The van der Waals surface area contributed by atoms with Gasteiger partial charge in [-0.3, -0.25) is 9.59 Å². The summed E-state index contributed by atoms with van der Waals surface area (Å²) in [6, 6.07) is 14.8. The first-order chi connectivity index (χ1) is 22.5. The van der Waals surface area contributed by atoms with Gasteiger partial charge in [-0.05, 0) is 85.9 Å². The molecule has 2 heterocycles. The van der Waals surface area contributed by atoms with E-state index in [-0.39, 0.29) is 40.9 Å². The monoisotopic (exact) mass is 707 g/mol. The van der Waals surface area contributed by atoms with E-state index in [1.165, 1.54) is 48.6 Å². The van der Waals surface area contributed by atoms with Gasteiger partial charge in [0.05, 0.1) is 21.8 Å². The molecule has 3 aromatic carbocycles. The average Bonchev–Trinajstić information content (AvgIpc) is 3.38. The second kappa shape index (κ2) is 14.5. The highest BCUT2D eigenvalue weighted by molar-refractivity contribution is 7.90. The molecule has 1 saturated heterocycles. The SMILES string of the molecule is C.C[C@@H]1CC[C@H](CCNC(=O)/C=C/c2ccc(S(=O)(=O)Cc3ccc(C(F)(F)F)cc3)cc2)N1c1ccc2[nH]c(=O)cc(C(F)(F)F)c2c1. The molecular weight excluding hydrogens is 672 g/mol. The van der Waals surface area contributed by atoms with Crippen molar-refractivity contribution in [2.24, 2.45) is 0 Å². The molecule has 49 heavy (non-hydrogen) atoms. The average molecular weight is 708 g/mol. The molecule has 0 aliphatic carbocycles. The van der Waals surface area contributed by atoms with E-state index in [1.807, 2.05) is 11.8 Å². The molecule has 1 aliphatic rings. The zero-order valence-corrected chi connectivity index (χ0v) is 26.3. The number of fused-ring (bicyclic) bond motifs is 1. The lowest BCUT2D eigenvalue weighted by Gasteiger charge is -2.31. The van der Waals surface area contributed by atoms with Gasteiger partial charge in [0.2, 0.25) is 11.5 Å². The van der Waals surface area contributed by atoms with Gasteiger partial charge in [0.15, 0.2) is 9.84 Å². The summed E-state index contributed by atoms with van der Waals surface area (Å²) in [5.41, 5.74) is -1.26. The second-order valence-corrected chi connectivity index (χ2v) is 13.7. The van der Waals surface area contributed by atoms with E-state index in [2.05, 4.69) is 10.3 Å². The predicted molar refractivity (Wildman–Crippen MR) is 177 cm³/mol. The van der Waals surface area contributed by atoms with Gasteiger partial charge in [0.25, 0.3) is 0 Å². The van der Waals surface area contributed by atoms with Crippen LogP contribution in [0.15, 0.2) is 88.6 Å². The van der Waals surface area contributed by atoms with Crippen molar-refractivity contribution in [2.75, 3.05) is 11.4 Å². The Kier molecular flexibility index (Phi) is 11.0. The van der Waals surface area contributed by atoms with Crippen LogP contribution < -0.4 is 15.8 Å². The number of halogens is 6. The van der Waals surface area contributed by atoms with Crippen LogP contribution in [-0.4, -0.2) is 37.9 Å². The molecule has 2 N–H and O–H groups in total. The third-order valence-corrected chi connectivity index (χ3v) is 10.0. The number of nitrogens with one attached hydrogen (secondary N) is 2. The normalized spacial score (nSPS) is 17.0. The molecule has 1 aliphatic heterocycles. The summed E-state index contributed by atoms with van der Waals surface area (Å²) in [6.45, 7) is 2.28. The molecule has 7 nitrogen and oxygen atoms in total. The summed E-state index contributed by atoms with van der Waals surface area (Å²) in [7, 11) is -3.83. The largest absolute Gasteiger partial charge is 0.417 e. The van der Waals surface area contributed by atoms with Crippen molar-refractivity contribution in [1.82, 2.24) is 10.3 Å². The van der Waals surface area contributed by atoms with Crippen LogP contribution in [0.1, 0.15) is 55.9 Å². The molecule has 262 valence electrons. The smallest absolute Gasteiger partial charge is 0.366 e. The van der Waals surface area contributed by atoms with Crippen molar-refractivity contribution >= 4 is 38.4 Å². The summed E-state index contributed by atoms with van der Waals surface area (Å²) >= 11 is 0. The van der Waals surface area contributed by atoms with Gasteiger partial charge in [-0.15, -0.1) is 0 Å². The van der Waals surface area contributed by atoms with Crippen molar-refractivity contribution in [3.63, 3.8) is 0 Å². The van der Waals surface area contributed by atoms with E-state index in [4.69, 9.17) is 0 Å². The highest BCUT2D eigenvalue weighted by Crippen LogP contribution is 2.38. The van der Waals surface area contributed by atoms with Crippen molar-refractivity contribution < 1.29 is 39.6 Å². The number of hydrogen-bond donors (Lipinski definition) is 2. The number of carbonyl (C=O) groups excluding carboxylic acids is 1. The minimum Gasteiger partial charge on any atom is -0.366 e. The summed E-state index contributed by atoms with van der Waals surface area (Å²) in [4.78, 5) is 28.8. The quantitative estimate of drug-likeness (QED) is 0.137. The summed E-state index contributed by atoms with van der Waals surface area (Å²) < 4.78 is 105. The van der Waals surface area contributed by atoms with Crippen molar-refractivity contribution in [3.8, 4) is 0 Å². The maximum Gasteiger partial charge on any atom is 0.417 e. The van der Waals surface area contributed by atoms with E-state index in [0.717, 1.165) is 37.1 Å². The lowest BCUT2D eigenvalue weighted by Crippen LogP contribution is -2.37. The molecule has 4 aromatic rings. The molecule has 0 saturated carbocycles. The van der Waals surface area contributed by atoms with Crippen LogP contribution in [-0.2, 0) is 32.7 Å². The van der Waals surface area contributed by atoms with Gasteiger partial charge in [-0.25, -0.2) is 8.42 Å². The molecule has 0 unspecified atom stereocenters. The molecule has 1 amide bonds. The molecular formula is C35H35F6N3O4S. The van der Waals surface area contributed by atoms with E-state index >= 15 is 0 Å². The fourth-order valence-corrected chi connectivity index (χ4v) is 7.28. The predicted octanol–water partition coefficient (Wildman–Crippen LogP) is 7.75. The lowest BCUT2D eigenvalue weighted by molar-refractivity contribution is -0.138. The van der Waals surface area contributed by atoms with Crippen LogP contribution in [0, 0.1) is 0 Å². The van der Waals surface area contributed by atoms with E-state index in [0.29, 0.717) is 30.3 Å². The molecule has 0 radical (unpaired) electrons. The van der Waals surface area contributed by atoms with E-state index in [9.17, 15) is 44.3 Å². The van der Waals surface area contributed by atoms with Crippen LogP contribution in [0.2, 0.25) is 0 Å². The molecule has 0 bridgehead atoms. The Balaban J connectivity index is 0.00000541. The Bertz CT molecular complexity index is 1990. The highest BCUT2D eigenvalue weighted by atomic mass is 32.2.